The highest BCUT2D eigenvalue weighted by atomic mass is 79.9. The third-order valence-electron chi connectivity index (χ3n) is 3.51. The molecule has 0 aliphatic carbocycles. The van der Waals surface area contributed by atoms with E-state index in [1.54, 1.807) is 11.3 Å². The van der Waals surface area contributed by atoms with Crippen molar-refractivity contribution in [2.75, 3.05) is 0 Å². The van der Waals surface area contributed by atoms with E-state index < -0.39 is 0 Å². The maximum absolute atomic E-state index is 12.1. The Labute approximate surface area is 162 Å². The first-order valence-corrected chi connectivity index (χ1v) is 8.79. The zero-order valence-electron chi connectivity index (χ0n) is 14.2. The van der Waals surface area contributed by atoms with Crippen LogP contribution in [0.1, 0.15) is 24.4 Å². The Bertz CT molecular complexity index is 872. The molecule has 0 atom stereocenters. The van der Waals surface area contributed by atoms with Gasteiger partial charge in [0.05, 0.1) is 6.10 Å². The molecule has 2 aromatic carbocycles. The van der Waals surface area contributed by atoms with E-state index >= 15 is 0 Å². The van der Waals surface area contributed by atoms with Crippen molar-refractivity contribution in [2.24, 2.45) is 0 Å². The number of halogens is 1. The standard InChI is InChI=1S/C20H20NO2S.BrH/c1-15(2)23-20(22)14-21-17-10-6-7-11-18(17)24-19(21)13-12-16-8-4-3-5-9-16;/h3-13,15H,14H2,1-2H3;1H/q+1;/p-1/b13-12+;. The number of hydrogen-bond acceptors (Lipinski definition) is 3. The smallest absolute Gasteiger partial charge is 0.373 e. The number of fused-ring (bicyclic) bond motifs is 1. The van der Waals surface area contributed by atoms with Gasteiger partial charge in [0.2, 0.25) is 12.1 Å². The molecule has 0 saturated heterocycles. The molecule has 5 heteroatoms. The van der Waals surface area contributed by atoms with Gasteiger partial charge in [0.1, 0.15) is 4.70 Å². The molecule has 3 nitrogen and oxygen atoms in total. The fourth-order valence-corrected chi connectivity index (χ4v) is 3.56. The number of thiazole rings is 1. The zero-order valence-corrected chi connectivity index (χ0v) is 16.6. The summed E-state index contributed by atoms with van der Waals surface area (Å²) in [5.41, 5.74) is 2.18. The molecule has 1 heterocycles. The quantitative estimate of drug-likeness (QED) is 0.462. The lowest BCUT2D eigenvalue weighted by molar-refractivity contribution is -0.657. The number of rotatable bonds is 5. The number of carbonyl (C=O) groups excluding carboxylic acids is 1. The van der Waals surface area contributed by atoms with Crippen molar-refractivity contribution in [3.8, 4) is 0 Å². The van der Waals surface area contributed by atoms with Gasteiger partial charge in [-0.05, 0) is 31.6 Å². The number of nitrogens with zero attached hydrogens (tertiary/aromatic N) is 1. The molecule has 0 unspecified atom stereocenters. The Morgan fingerprint density at radius 3 is 2.48 bits per heavy atom. The second kappa shape index (κ2) is 8.92. The number of carbonyl (C=O) groups is 1. The van der Waals surface area contributed by atoms with Crippen LogP contribution in [-0.4, -0.2) is 12.1 Å². The van der Waals surface area contributed by atoms with Gasteiger partial charge in [-0.2, -0.15) is 4.57 Å². The summed E-state index contributed by atoms with van der Waals surface area (Å²) in [5.74, 6) is -0.215. The van der Waals surface area contributed by atoms with Gasteiger partial charge in [-0.3, -0.25) is 0 Å². The maximum atomic E-state index is 12.1. The monoisotopic (exact) mass is 417 g/mol. The Morgan fingerprint density at radius 1 is 1.08 bits per heavy atom. The van der Waals surface area contributed by atoms with Crippen LogP contribution in [-0.2, 0) is 16.1 Å². The van der Waals surface area contributed by atoms with Gasteiger partial charge in [0.25, 0.3) is 5.01 Å². The third kappa shape index (κ3) is 5.00. The minimum atomic E-state index is -0.215. The molecule has 3 aromatic rings. The number of ether oxygens (including phenoxy) is 1. The van der Waals surface area contributed by atoms with Crippen molar-refractivity contribution in [3.05, 3.63) is 65.2 Å². The summed E-state index contributed by atoms with van der Waals surface area (Å²) >= 11 is 1.67. The fraction of sp³-hybridized carbons (Fsp3) is 0.200. The molecular formula is C20H20BrNO2S. The van der Waals surface area contributed by atoms with E-state index in [0.717, 1.165) is 20.8 Å². The van der Waals surface area contributed by atoms with Crippen molar-refractivity contribution < 1.29 is 31.1 Å². The summed E-state index contributed by atoms with van der Waals surface area (Å²) in [7, 11) is 0. The van der Waals surface area contributed by atoms with Crippen LogP contribution in [0.4, 0.5) is 0 Å². The molecule has 0 bridgehead atoms. The summed E-state index contributed by atoms with van der Waals surface area (Å²) in [4.78, 5) is 12.1. The summed E-state index contributed by atoms with van der Waals surface area (Å²) < 4.78 is 8.48. The summed E-state index contributed by atoms with van der Waals surface area (Å²) in [5, 5.41) is 1.03. The molecule has 0 aliphatic heterocycles. The molecule has 0 radical (unpaired) electrons. The molecule has 0 spiro atoms. The number of para-hydroxylation sites is 1. The number of hydrogen-bond donors (Lipinski definition) is 0. The normalized spacial score (nSPS) is 11.0. The minimum absolute atomic E-state index is 0. The van der Waals surface area contributed by atoms with Crippen LogP contribution in [0.3, 0.4) is 0 Å². The molecule has 0 N–H and O–H groups in total. The van der Waals surface area contributed by atoms with Gasteiger partial charge in [0, 0.05) is 12.1 Å². The van der Waals surface area contributed by atoms with Gasteiger partial charge in [-0.25, -0.2) is 4.79 Å². The van der Waals surface area contributed by atoms with Gasteiger partial charge in [0.15, 0.2) is 0 Å². The van der Waals surface area contributed by atoms with Crippen LogP contribution in [0, 0.1) is 0 Å². The molecule has 0 fully saturated rings. The first-order valence-electron chi connectivity index (χ1n) is 7.97. The highest BCUT2D eigenvalue weighted by Gasteiger charge is 2.22. The summed E-state index contributed by atoms with van der Waals surface area (Å²) in [6.07, 6.45) is 4.02. The van der Waals surface area contributed by atoms with Crippen molar-refractivity contribution >= 4 is 39.7 Å². The second-order valence-corrected chi connectivity index (χ2v) is 6.84. The summed E-state index contributed by atoms with van der Waals surface area (Å²) in [6, 6.07) is 18.3. The van der Waals surface area contributed by atoms with Crippen LogP contribution in [0.2, 0.25) is 0 Å². The number of benzene rings is 2. The van der Waals surface area contributed by atoms with E-state index in [1.807, 2.05) is 54.8 Å². The summed E-state index contributed by atoms with van der Waals surface area (Å²) in [6.45, 7) is 3.95. The van der Waals surface area contributed by atoms with Gasteiger partial charge >= 0.3 is 5.97 Å². The minimum Gasteiger partial charge on any atom is -1.00 e. The first-order chi connectivity index (χ1) is 11.6. The lowest BCUT2D eigenvalue weighted by Gasteiger charge is -2.05. The number of aromatic nitrogens is 1. The predicted molar refractivity (Wildman–Crippen MR) is 98.6 cm³/mol. The van der Waals surface area contributed by atoms with Gasteiger partial charge < -0.3 is 21.7 Å². The first kappa shape index (κ1) is 19.3. The topological polar surface area (TPSA) is 30.2 Å². The number of esters is 1. The van der Waals surface area contributed by atoms with Crippen LogP contribution in [0.15, 0.2) is 54.6 Å². The van der Waals surface area contributed by atoms with Gasteiger partial charge in [-0.15, -0.1) is 0 Å². The molecule has 0 aliphatic rings. The lowest BCUT2D eigenvalue weighted by Crippen LogP contribution is -3.00. The fourth-order valence-electron chi connectivity index (χ4n) is 2.50. The molecular weight excluding hydrogens is 398 g/mol. The van der Waals surface area contributed by atoms with Crippen LogP contribution in [0.5, 0.6) is 0 Å². The highest BCUT2D eigenvalue weighted by molar-refractivity contribution is 7.18. The zero-order chi connectivity index (χ0) is 16.9. The van der Waals surface area contributed by atoms with Crippen molar-refractivity contribution in [1.82, 2.24) is 0 Å². The highest BCUT2D eigenvalue weighted by Crippen LogP contribution is 2.22. The third-order valence-corrected chi connectivity index (χ3v) is 4.64. The van der Waals surface area contributed by atoms with Gasteiger partial charge in [-0.1, -0.05) is 53.8 Å². The molecule has 0 amide bonds. The maximum Gasteiger partial charge on any atom is 0.373 e. The lowest BCUT2D eigenvalue weighted by atomic mass is 10.2. The molecule has 130 valence electrons. The Balaban J connectivity index is 0.00000225. The van der Waals surface area contributed by atoms with Crippen LogP contribution < -0.4 is 21.5 Å². The predicted octanol–water partition coefficient (Wildman–Crippen LogP) is 1.31. The van der Waals surface area contributed by atoms with Crippen LogP contribution in [0.25, 0.3) is 22.4 Å². The molecule has 0 saturated carbocycles. The Kier molecular flexibility index (Phi) is 6.91. The van der Waals surface area contributed by atoms with E-state index in [4.69, 9.17) is 4.74 Å². The second-order valence-electron chi connectivity index (χ2n) is 5.78. The van der Waals surface area contributed by atoms with E-state index in [1.165, 1.54) is 0 Å². The van der Waals surface area contributed by atoms with E-state index in [0.29, 0.717) is 0 Å². The Hall–Kier alpha value is -1.98. The Morgan fingerprint density at radius 2 is 1.76 bits per heavy atom. The van der Waals surface area contributed by atoms with Crippen LogP contribution >= 0.6 is 11.3 Å². The van der Waals surface area contributed by atoms with Crippen molar-refractivity contribution in [1.29, 1.82) is 0 Å². The van der Waals surface area contributed by atoms with Crippen molar-refractivity contribution in [2.45, 2.75) is 26.5 Å². The van der Waals surface area contributed by atoms with E-state index in [9.17, 15) is 4.79 Å². The van der Waals surface area contributed by atoms with Crippen molar-refractivity contribution in [3.63, 3.8) is 0 Å². The molecule has 25 heavy (non-hydrogen) atoms. The average Bonchev–Trinajstić information content (AvgIpc) is 2.91. The molecule has 1 aromatic heterocycles. The largest absolute Gasteiger partial charge is 1.00 e. The molecule has 3 rings (SSSR count). The van der Waals surface area contributed by atoms with E-state index in [2.05, 4.69) is 30.4 Å². The van der Waals surface area contributed by atoms with E-state index in [-0.39, 0.29) is 35.6 Å². The SMILES string of the molecule is CC(C)OC(=O)C[n+]1c(/C=C/c2ccccc2)sc2ccccc21.[Br-]. The average molecular weight is 418 g/mol.